The van der Waals surface area contributed by atoms with E-state index in [0.29, 0.717) is 45.5 Å². The lowest BCUT2D eigenvalue weighted by atomic mass is 9.85. The van der Waals surface area contributed by atoms with Gasteiger partial charge in [-0.05, 0) is 63.9 Å². The van der Waals surface area contributed by atoms with Crippen molar-refractivity contribution < 1.29 is 24.0 Å². The lowest BCUT2D eigenvalue weighted by Gasteiger charge is -2.38. The summed E-state index contributed by atoms with van der Waals surface area (Å²) in [7, 11) is 0. The molecule has 4 aliphatic rings. The van der Waals surface area contributed by atoms with E-state index in [-0.39, 0.29) is 35.5 Å². The summed E-state index contributed by atoms with van der Waals surface area (Å²) in [6.45, 7) is 7.51. The molecule has 4 amide bonds. The number of carbonyl (C=O) groups excluding carboxylic acids is 3. The minimum Gasteiger partial charge on any atom is -0.444 e. The van der Waals surface area contributed by atoms with Crippen LogP contribution in [0.2, 0.25) is 0 Å². The molecular formula is C26H36N4O5. The summed E-state index contributed by atoms with van der Waals surface area (Å²) >= 11 is 0. The van der Waals surface area contributed by atoms with E-state index in [2.05, 4.69) is 5.32 Å². The van der Waals surface area contributed by atoms with E-state index in [4.69, 9.17) is 9.57 Å². The fourth-order valence-electron chi connectivity index (χ4n) is 5.56. The number of fused-ring (bicyclic) bond motifs is 3. The summed E-state index contributed by atoms with van der Waals surface area (Å²) < 4.78 is 5.46. The molecule has 1 aliphatic carbocycles. The number of piperidine rings is 2. The zero-order chi connectivity index (χ0) is 24.8. The van der Waals surface area contributed by atoms with Gasteiger partial charge in [-0.1, -0.05) is 30.3 Å². The first-order valence-corrected chi connectivity index (χ1v) is 12.7. The average molecular weight is 485 g/mol. The van der Waals surface area contributed by atoms with E-state index in [0.717, 1.165) is 18.4 Å². The second-order valence-electron chi connectivity index (χ2n) is 11.4. The van der Waals surface area contributed by atoms with Crippen molar-refractivity contribution in [3.63, 3.8) is 0 Å². The van der Waals surface area contributed by atoms with Crippen LogP contribution >= 0.6 is 0 Å². The molecule has 1 aromatic rings. The summed E-state index contributed by atoms with van der Waals surface area (Å²) in [5, 5.41) is 4.70. The first-order chi connectivity index (χ1) is 16.7. The fourth-order valence-corrected chi connectivity index (χ4v) is 5.56. The maximum Gasteiger partial charge on any atom is 0.410 e. The van der Waals surface area contributed by atoms with Crippen molar-refractivity contribution in [3.8, 4) is 0 Å². The predicted molar refractivity (Wildman–Crippen MR) is 128 cm³/mol. The Morgan fingerprint density at radius 1 is 1.11 bits per heavy atom. The highest BCUT2D eigenvalue weighted by Crippen LogP contribution is 2.59. The van der Waals surface area contributed by atoms with Crippen LogP contribution in [0.4, 0.5) is 9.59 Å². The van der Waals surface area contributed by atoms with E-state index in [1.54, 1.807) is 9.80 Å². The minimum atomic E-state index is -0.527. The number of amides is 4. The minimum absolute atomic E-state index is 0.000158. The number of likely N-dealkylation sites (tertiary alicyclic amines) is 1. The standard InChI is InChI=1S/C26H36N4O5/c1-25(2,3)35-24(33)28-13-9-19(10-14-28)27-22(31)20-15-26(11-12-26)21-16-29(20)23(32)30(21)34-17-18-7-5-4-6-8-18/h4-8,19-21H,9-17H2,1-3H3,(H,27,31)/t20-,21-/m0/s1. The number of nitrogens with one attached hydrogen (secondary N) is 1. The van der Waals surface area contributed by atoms with Crippen LogP contribution in [0, 0.1) is 5.41 Å². The van der Waals surface area contributed by atoms with Crippen LogP contribution in [0.1, 0.15) is 58.4 Å². The molecule has 2 atom stereocenters. The predicted octanol–water partition coefficient (Wildman–Crippen LogP) is 3.29. The molecule has 2 bridgehead atoms. The maximum absolute atomic E-state index is 13.3. The van der Waals surface area contributed by atoms with Gasteiger partial charge in [0.05, 0.1) is 6.04 Å². The summed E-state index contributed by atoms with van der Waals surface area (Å²) in [6, 6.07) is 9.10. The van der Waals surface area contributed by atoms with Crippen molar-refractivity contribution in [3.05, 3.63) is 35.9 Å². The Balaban J connectivity index is 1.17. The van der Waals surface area contributed by atoms with Gasteiger partial charge in [-0.2, -0.15) is 5.06 Å². The highest BCUT2D eigenvalue weighted by Gasteiger charge is 2.64. The molecule has 1 spiro atoms. The Kier molecular flexibility index (Phi) is 6.15. The molecule has 0 radical (unpaired) electrons. The van der Waals surface area contributed by atoms with E-state index in [1.807, 2.05) is 51.1 Å². The molecule has 0 aromatic heterocycles. The van der Waals surface area contributed by atoms with E-state index in [9.17, 15) is 14.4 Å². The van der Waals surface area contributed by atoms with Gasteiger partial charge in [0.15, 0.2) is 0 Å². The smallest absolute Gasteiger partial charge is 0.410 e. The van der Waals surface area contributed by atoms with Crippen LogP contribution in [0.3, 0.4) is 0 Å². The van der Waals surface area contributed by atoms with Crippen molar-refractivity contribution in [1.82, 2.24) is 20.2 Å². The molecule has 190 valence electrons. The Bertz CT molecular complexity index is 966. The summed E-state index contributed by atoms with van der Waals surface area (Å²) in [5.74, 6) is -0.0938. The Morgan fingerprint density at radius 2 is 1.80 bits per heavy atom. The Morgan fingerprint density at radius 3 is 2.43 bits per heavy atom. The van der Waals surface area contributed by atoms with Crippen molar-refractivity contribution in [2.24, 2.45) is 5.41 Å². The van der Waals surface area contributed by atoms with Crippen LogP contribution in [0.5, 0.6) is 0 Å². The second-order valence-corrected chi connectivity index (χ2v) is 11.4. The van der Waals surface area contributed by atoms with Gasteiger partial charge in [0.25, 0.3) is 0 Å². The van der Waals surface area contributed by atoms with Gasteiger partial charge < -0.3 is 19.9 Å². The summed E-state index contributed by atoms with van der Waals surface area (Å²) in [4.78, 5) is 48.3. The van der Waals surface area contributed by atoms with E-state index < -0.39 is 11.6 Å². The first kappa shape index (κ1) is 23.9. The number of urea groups is 1. The van der Waals surface area contributed by atoms with Crippen molar-refractivity contribution >= 4 is 18.0 Å². The number of nitrogens with zero attached hydrogens (tertiary/aromatic N) is 3. The van der Waals surface area contributed by atoms with Gasteiger partial charge in [-0.25, -0.2) is 9.59 Å². The third kappa shape index (κ3) is 4.96. The molecule has 4 fully saturated rings. The van der Waals surface area contributed by atoms with Crippen molar-refractivity contribution in [1.29, 1.82) is 0 Å². The zero-order valence-corrected chi connectivity index (χ0v) is 20.9. The molecular weight excluding hydrogens is 448 g/mol. The largest absolute Gasteiger partial charge is 0.444 e. The number of hydroxylamine groups is 2. The molecule has 0 unspecified atom stereocenters. The molecule has 9 nitrogen and oxygen atoms in total. The Hall–Kier alpha value is -2.81. The SMILES string of the molecule is CC(C)(C)OC(=O)N1CCC(NC(=O)[C@@H]2CC3(CC3)[C@@H]3CN2C(=O)N3OCc2ccccc2)CC1. The third-order valence-electron chi connectivity index (χ3n) is 7.67. The van der Waals surface area contributed by atoms with Gasteiger partial charge in [0.2, 0.25) is 5.91 Å². The molecule has 5 rings (SSSR count). The zero-order valence-electron chi connectivity index (χ0n) is 20.9. The van der Waals surface area contributed by atoms with E-state index >= 15 is 0 Å². The van der Waals surface area contributed by atoms with Gasteiger partial charge in [-0.15, -0.1) is 0 Å². The number of hydrogen-bond donors (Lipinski definition) is 1. The van der Waals surface area contributed by atoms with Gasteiger partial charge in [0.1, 0.15) is 18.2 Å². The van der Waals surface area contributed by atoms with Crippen molar-refractivity contribution in [2.75, 3.05) is 19.6 Å². The van der Waals surface area contributed by atoms with Crippen molar-refractivity contribution in [2.45, 2.75) is 83.2 Å². The number of ether oxygens (including phenoxy) is 1. The maximum atomic E-state index is 13.3. The van der Waals surface area contributed by atoms with Crippen LogP contribution in [-0.4, -0.2) is 76.3 Å². The third-order valence-corrected chi connectivity index (χ3v) is 7.67. The number of rotatable bonds is 5. The molecule has 1 saturated carbocycles. The summed E-state index contributed by atoms with van der Waals surface area (Å²) in [5.41, 5.74) is 0.455. The first-order valence-electron chi connectivity index (χ1n) is 12.7. The quantitative estimate of drug-likeness (QED) is 0.693. The summed E-state index contributed by atoms with van der Waals surface area (Å²) in [6.07, 6.45) is 3.74. The van der Waals surface area contributed by atoms with E-state index in [1.165, 1.54) is 5.06 Å². The fraction of sp³-hybridized carbons (Fsp3) is 0.654. The van der Waals surface area contributed by atoms with Crippen LogP contribution in [0.15, 0.2) is 30.3 Å². The molecule has 1 N–H and O–H groups in total. The monoisotopic (exact) mass is 484 g/mol. The molecule has 3 aliphatic heterocycles. The molecule has 1 aromatic carbocycles. The molecule has 3 saturated heterocycles. The average Bonchev–Trinajstić information content (AvgIpc) is 3.53. The normalized spacial score (nSPS) is 25.7. The number of benzene rings is 1. The second kappa shape index (κ2) is 9.00. The number of hydrogen-bond acceptors (Lipinski definition) is 5. The highest BCUT2D eigenvalue weighted by molar-refractivity contribution is 5.89. The highest BCUT2D eigenvalue weighted by atomic mass is 16.7. The Labute approximate surface area is 206 Å². The molecule has 9 heteroatoms. The lowest BCUT2D eigenvalue weighted by molar-refractivity contribution is -0.153. The lowest BCUT2D eigenvalue weighted by Crippen LogP contribution is -2.56. The van der Waals surface area contributed by atoms with Gasteiger partial charge >= 0.3 is 12.1 Å². The molecule has 3 heterocycles. The topological polar surface area (TPSA) is 91.4 Å². The number of carbonyl (C=O) groups is 3. The molecule has 35 heavy (non-hydrogen) atoms. The van der Waals surface area contributed by atoms with Crippen LogP contribution in [-0.2, 0) is 21.0 Å². The van der Waals surface area contributed by atoms with Gasteiger partial charge in [-0.3, -0.25) is 9.63 Å². The van der Waals surface area contributed by atoms with Crippen LogP contribution < -0.4 is 5.32 Å². The van der Waals surface area contributed by atoms with Gasteiger partial charge in [0, 0.05) is 25.7 Å². The van der Waals surface area contributed by atoms with Crippen LogP contribution in [0.25, 0.3) is 0 Å².